The van der Waals surface area contributed by atoms with Crippen LogP contribution in [0.4, 0.5) is 11.5 Å². The number of anilines is 1. The van der Waals surface area contributed by atoms with Gasteiger partial charge in [-0.1, -0.05) is 37.5 Å². The summed E-state index contributed by atoms with van der Waals surface area (Å²) in [5.74, 6) is -1.87. The molecule has 2 atom stereocenters. The van der Waals surface area contributed by atoms with Gasteiger partial charge in [0, 0.05) is 17.7 Å². The summed E-state index contributed by atoms with van der Waals surface area (Å²) in [7, 11) is 0. The summed E-state index contributed by atoms with van der Waals surface area (Å²) in [5.41, 5.74) is -0.487. The number of ether oxygens (including phenoxy) is 1. The Balaban J connectivity index is 2.11. The number of benzene rings is 1. The van der Waals surface area contributed by atoms with Gasteiger partial charge >= 0.3 is 5.97 Å². The highest BCUT2D eigenvalue weighted by Gasteiger charge is 2.31. The molecule has 11 nitrogen and oxygen atoms in total. The van der Waals surface area contributed by atoms with Gasteiger partial charge in [0.05, 0.1) is 4.92 Å². The van der Waals surface area contributed by atoms with E-state index in [1.807, 2.05) is 0 Å². The van der Waals surface area contributed by atoms with E-state index < -0.39 is 46.5 Å². The zero-order chi connectivity index (χ0) is 24.0. The van der Waals surface area contributed by atoms with Gasteiger partial charge < -0.3 is 19.9 Å². The predicted octanol–water partition coefficient (Wildman–Crippen LogP) is 3.26. The predicted molar refractivity (Wildman–Crippen MR) is 114 cm³/mol. The summed E-state index contributed by atoms with van der Waals surface area (Å²) in [6.45, 7) is 6.66. The van der Waals surface area contributed by atoms with E-state index in [9.17, 15) is 24.5 Å². The number of hydrogen-bond acceptors (Lipinski definition) is 8. The van der Waals surface area contributed by atoms with Crippen LogP contribution in [-0.2, 0) is 14.3 Å². The molecule has 1 aromatic heterocycles. The summed E-state index contributed by atoms with van der Waals surface area (Å²) in [6.07, 6.45) is -0.953. The molecule has 0 spiro atoms. The number of nitrogens with zero attached hydrogens (tertiary/aromatic N) is 2. The molecule has 1 heterocycles. The van der Waals surface area contributed by atoms with Crippen LogP contribution < -0.4 is 10.6 Å². The molecule has 0 bridgehead atoms. The molecule has 12 heteroatoms. The lowest BCUT2D eigenvalue weighted by atomic mass is 10.0. The third kappa shape index (κ3) is 6.27. The Hall–Kier alpha value is -3.47. The maximum atomic E-state index is 12.7. The minimum atomic E-state index is -1.13. The second kappa shape index (κ2) is 10.7. The molecule has 2 rings (SSSR count). The van der Waals surface area contributed by atoms with E-state index in [1.54, 1.807) is 27.7 Å². The molecule has 0 saturated heterocycles. The molecule has 1 aromatic carbocycles. The Morgan fingerprint density at radius 3 is 2.50 bits per heavy atom. The summed E-state index contributed by atoms with van der Waals surface area (Å²) >= 11 is 5.77. The van der Waals surface area contributed by atoms with E-state index in [4.69, 9.17) is 20.9 Å². The van der Waals surface area contributed by atoms with E-state index in [-0.39, 0.29) is 22.8 Å². The SMILES string of the molecule is CCC(OC(=O)[C@@H](NC(=O)c1ccc(Cl)c([N+](=O)[O-])c1)C(C)C)C(=O)Nc1cc(C)on1. The molecule has 0 aliphatic carbocycles. The number of amides is 2. The highest BCUT2D eigenvalue weighted by atomic mass is 35.5. The third-order valence-corrected chi connectivity index (χ3v) is 4.73. The Bertz CT molecular complexity index is 1020. The standard InChI is InChI=1S/C20H23ClN4O7/c1-5-15(19(27)22-16-8-11(4)32-24-16)31-20(28)17(10(2)3)23-18(26)12-6-7-13(21)14(9-12)25(29)30/h6-10,15,17H,5H2,1-4H3,(H,23,26)(H,22,24,27)/t15?,17-/m0/s1. The Morgan fingerprint density at radius 2 is 1.97 bits per heavy atom. The molecule has 1 unspecified atom stereocenters. The number of rotatable bonds is 9. The lowest BCUT2D eigenvalue weighted by molar-refractivity contribution is -0.384. The van der Waals surface area contributed by atoms with Crippen LogP contribution in [0.25, 0.3) is 0 Å². The van der Waals surface area contributed by atoms with Crippen molar-refractivity contribution in [2.75, 3.05) is 5.32 Å². The monoisotopic (exact) mass is 466 g/mol. The quantitative estimate of drug-likeness (QED) is 0.324. The number of nitro benzene ring substituents is 1. The molecule has 0 aliphatic rings. The Morgan fingerprint density at radius 1 is 1.28 bits per heavy atom. The van der Waals surface area contributed by atoms with Crippen molar-refractivity contribution in [2.45, 2.75) is 46.3 Å². The number of hydrogen-bond donors (Lipinski definition) is 2. The van der Waals surface area contributed by atoms with Crippen LogP contribution in [0.2, 0.25) is 5.02 Å². The highest BCUT2D eigenvalue weighted by molar-refractivity contribution is 6.32. The largest absolute Gasteiger partial charge is 0.451 e. The number of carbonyl (C=O) groups excluding carboxylic acids is 3. The van der Waals surface area contributed by atoms with Gasteiger partial charge in [-0.05, 0) is 31.4 Å². The van der Waals surface area contributed by atoms with Crippen molar-refractivity contribution in [1.82, 2.24) is 10.5 Å². The van der Waals surface area contributed by atoms with Crippen LogP contribution in [0.3, 0.4) is 0 Å². The van der Waals surface area contributed by atoms with E-state index >= 15 is 0 Å². The Kier molecular flexibility index (Phi) is 8.30. The molecular weight excluding hydrogens is 444 g/mol. The van der Waals surface area contributed by atoms with Crippen molar-refractivity contribution in [3.8, 4) is 0 Å². The smallest absolute Gasteiger partial charge is 0.329 e. The summed E-state index contributed by atoms with van der Waals surface area (Å²) < 4.78 is 10.2. The van der Waals surface area contributed by atoms with Gasteiger partial charge in [0.15, 0.2) is 11.9 Å². The number of nitro groups is 1. The average molecular weight is 467 g/mol. The molecule has 0 fully saturated rings. The van der Waals surface area contributed by atoms with Crippen molar-refractivity contribution in [2.24, 2.45) is 5.92 Å². The lowest BCUT2D eigenvalue weighted by Gasteiger charge is -2.23. The van der Waals surface area contributed by atoms with Gasteiger partial charge in [-0.3, -0.25) is 19.7 Å². The molecule has 172 valence electrons. The van der Waals surface area contributed by atoms with Gasteiger partial charge in [0.2, 0.25) is 0 Å². The maximum Gasteiger partial charge on any atom is 0.329 e. The van der Waals surface area contributed by atoms with Gasteiger partial charge in [0.25, 0.3) is 17.5 Å². The topological polar surface area (TPSA) is 154 Å². The molecule has 2 amide bonds. The minimum Gasteiger partial charge on any atom is -0.451 e. The van der Waals surface area contributed by atoms with Crippen molar-refractivity contribution in [3.63, 3.8) is 0 Å². The van der Waals surface area contributed by atoms with Crippen molar-refractivity contribution in [3.05, 3.63) is 50.7 Å². The minimum absolute atomic E-state index is 0.0502. The molecule has 0 saturated carbocycles. The molecule has 2 aromatic rings. The van der Waals surface area contributed by atoms with E-state index in [0.717, 1.165) is 6.07 Å². The number of esters is 1. The van der Waals surface area contributed by atoms with Gasteiger partial charge in [0.1, 0.15) is 16.8 Å². The first-order chi connectivity index (χ1) is 15.0. The highest BCUT2D eigenvalue weighted by Crippen LogP contribution is 2.25. The second-order valence-corrected chi connectivity index (χ2v) is 7.67. The van der Waals surface area contributed by atoms with Gasteiger partial charge in [-0.15, -0.1) is 0 Å². The number of halogens is 1. The average Bonchev–Trinajstić information content (AvgIpc) is 3.13. The fourth-order valence-corrected chi connectivity index (χ4v) is 2.87. The maximum absolute atomic E-state index is 12.7. The van der Waals surface area contributed by atoms with E-state index in [2.05, 4.69) is 15.8 Å². The molecule has 0 aliphatic heterocycles. The van der Waals surface area contributed by atoms with Crippen molar-refractivity contribution < 1.29 is 28.6 Å². The van der Waals surface area contributed by atoms with E-state index in [0.29, 0.717) is 5.76 Å². The van der Waals surface area contributed by atoms with Crippen LogP contribution in [0.15, 0.2) is 28.8 Å². The normalized spacial score (nSPS) is 12.7. The second-order valence-electron chi connectivity index (χ2n) is 7.26. The van der Waals surface area contributed by atoms with Crippen LogP contribution in [0.1, 0.15) is 43.3 Å². The lowest BCUT2D eigenvalue weighted by Crippen LogP contribution is -2.47. The van der Waals surface area contributed by atoms with Crippen molar-refractivity contribution in [1.29, 1.82) is 0 Å². The fraction of sp³-hybridized carbons (Fsp3) is 0.400. The van der Waals surface area contributed by atoms with Gasteiger partial charge in [-0.2, -0.15) is 0 Å². The molecular formula is C20H23ClN4O7. The summed E-state index contributed by atoms with van der Waals surface area (Å²) in [5, 5.41) is 19.6. The molecule has 0 radical (unpaired) electrons. The number of nitrogens with one attached hydrogen (secondary N) is 2. The van der Waals surface area contributed by atoms with Crippen LogP contribution in [0.5, 0.6) is 0 Å². The number of carbonyl (C=O) groups is 3. The summed E-state index contributed by atoms with van der Waals surface area (Å²) in [6, 6.07) is 3.95. The molecule has 2 N–H and O–H groups in total. The Labute approximate surface area is 188 Å². The zero-order valence-electron chi connectivity index (χ0n) is 17.9. The van der Waals surface area contributed by atoms with Gasteiger partial charge in [-0.25, -0.2) is 4.79 Å². The van der Waals surface area contributed by atoms with Crippen LogP contribution in [-0.4, -0.2) is 40.0 Å². The number of aryl methyl sites for hydroxylation is 1. The number of aromatic nitrogens is 1. The zero-order valence-corrected chi connectivity index (χ0v) is 18.6. The van der Waals surface area contributed by atoms with Crippen LogP contribution in [0, 0.1) is 23.0 Å². The fourth-order valence-electron chi connectivity index (χ4n) is 2.68. The van der Waals surface area contributed by atoms with E-state index in [1.165, 1.54) is 18.2 Å². The first-order valence-electron chi connectivity index (χ1n) is 9.73. The van der Waals surface area contributed by atoms with Crippen LogP contribution >= 0.6 is 11.6 Å². The molecule has 32 heavy (non-hydrogen) atoms. The first-order valence-corrected chi connectivity index (χ1v) is 10.1. The third-order valence-electron chi connectivity index (χ3n) is 4.41. The van der Waals surface area contributed by atoms with Crippen molar-refractivity contribution >= 4 is 40.9 Å². The first kappa shape index (κ1) is 24.8. The summed E-state index contributed by atoms with van der Waals surface area (Å²) in [4.78, 5) is 48.1.